The fraction of sp³-hybridized carbons (Fsp3) is 0.882. The predicted molar refractivity (Wildman–Crippen MR) is 80.1 cm³/mol. The zero-order chi connectivity index (χ0) is 16.4. The van der Waals surface area contributed by atoms with Crippen molar-refractivity contribution < 1.29 is 19.2 Å². The molecule has 23 heavy (non-hydrogen) atoms. The second-order valence-corrected chi connectivity index (χ2v) is 8.34. The highest BCUT2D eigenvalue weighted by atomic mass is 16.6. The Morgan fingerprint density at radius 3 is 2.04 bits per heavy atom. The SMILES string of the molecule is CC(OC(=O)C1CC1[N+](=O)[O-])C(=O)C12CC3CC(CC(C3)C1)C2. The number of Topliss-reactive ketones (excluding diaryl/α,β-unsaturated/α-hetero) is 1. The molecule has 0 aromatic heterocycles. The van der Waals surface area contributed by atoms with Gasteiger partial charge < -0.3 is 4.74 Å². The van der Waals surface area contributed by atoms with Crippen molar-refractivity contribution in [3.8, 4) is 0 Å². The van der Waals surface area contributed by atoms with Crippen LogP contribution in [0.15, 0.2) is 0 Å². The number of hydrogen-bond acceptors (Lipinski definition) is 5. The molecule has 0 aliphatic heterocycles. The number of hydrogen-bond donors (Lipinski definition) is 0. The summed E-state index contributed by atoms with van der Waals surface area (Å²) in [5.74, 6) is 0.818. The highest BCUT2D eigenvalue weighted by Gasteiger charge is 2.57. The van der Waals surface area contributed by atoms with Gasteiger partial charge >= 0.3 is 5.97 Å². The van der Waals surface area contributed by atoms with E-state index in [9.17, 15) is 19.7 Å². The highest BCUT2D eigenvalue weighted by Crippen LogP contribution is 2.60. The number of esters is 1. The molecule has 6 nitrogen and oxygen atoms in total. The van der Waals surface area contributed by atoms with Crippen LogP contribution in [0.1, 0.15) is 51.9 Å². The van der Waals surface area contributed by atoms with E-state index in [-0.39, 0.29) is 17.6 Å². The van der Waals surface area contributed by atoms with Crippen molar-refractivity contribution in [2.45, 2.75) is 64.0 Å². The van der Waals surface area contributed by atoms with Crippen LogP contribution >= 0.6 is 0 Å². The quantitative estimate of drug-likeness (QED) is 0.441. The van der Waals surface area contributed by atoms with Crippen LogP contribution in [0.4, 0.5) is 0 Å². The molecule has 0 saturated heterocycles. The molecule has 3 atom stereocenters. The van der Waals surface area contributed by atoms with Gasteiger partial charge in [-0.15, -0.1) is 0 Å². The van der Waals surface area contributed by atoms with Crippen LogP contribution in [-0.2, 0) is 14.3 Å². The zero-order valence-corrected chi connectivity index (χ0v) is 13.4. The molecule has 0 aromatic carbocycles. The molecule has 3 unspecified atom stereocenters. The molecule has 5 aliphatic carbocycles. The smallest absolute Gasteiger partial charge is 0.316 e. The predicted octanol–water partition coefficient (Wildman–Crippen LogP) is 2.37. The number of ether oxygens (including phenoxy) is 1. The molecule has 6 heteroatoms. The maximum absolute atomic E-state index is 13.0. The molecule has 0 amide bonds. The van der Waals surface area contributed by atoms with Crippen molar-refractivity contribution in [3.63, 3.8) is 0 Å². The van der Waals surface area contributed by atoms with Gasteiger partial charge in [0, 0.05) is 16.8 Å². The Kier molecular flexibility index (Phi) is 3.29. The molecule has 0 radical (unpaired) electrons. The second kappa shape index (κ2) is 5.02. The number of carbonyl (C=O) groups is 2. The number of ketones is 1. The lowest BCUT2D eigenvalue weighted by Crippen LogP contribution is -2.52. The van der Waals surface area contributed by atoms with Gasteiger partial charge in [-0.2, -0.15) is 0 Å². The Morgan fingerprint density at radius 1 is 1.09 bits per heavy atom. The molecular weight excluding hydrogens is 298 g/mol. The molecule has 4 bridgehead atoms. The fourth-order valence-corrected chi connectivity index (χ4v) is 5.83. The van der Waals surface area contributed by atoms with Crippen LogP contribution in [0.3, 0.4) is 0 Å². The third kappa shape index (κ3) is 2.46. The average Bonchev–Trinajstić information content (AvgIpc) is 3.25. The van der Waals surface area contributed by atoms with Crippen molar-refractivity contribution >= 4 is 11.8 Å². The molecule has 5 fully saturated rings. The normalized spacial score (nSPS) is 44.7. The molecule has 5 aliphatic rings. The first-order valence-electron chi connectivity index (χ1n) is 8.76. The molecule has 0 heterocycles. The van der Waals surface area contributed by atoms with Crippen LogP contribution in [0, 0.1) is 39.2 Å². The van der Waals surface area contributed by atoms with Crippen molar-refractivity contribution in [3.05, 3.63) is 10.1 Å². The maximum atomic E-state index is 13.0. The van der Waals surface area contributed by atoms with Crippen LogP contribution < -0.4 is 0 Å². The Bertz CT molecular complexity index is 536. The van der Waals surface area contributed by atoms with Crippen LogP contribution in [-0.4, -0.2) is 28.8 Å². The monoisotopic (exact) mass is 321 g/mol. The molecule has 5 rings (SSSR count). The molecule has 0 spiro atoms. The van der Waals surface area contributed by atoms with Gasteiger partial charge in [0.2, 0.25) is 6.04 Å². The standard InChI is InChI=1S/C17H23NO5/c1-9(23-16(20)13-5-14(13)18(21)22)15(19)17-6-10-2-11(7-17)4-12(3-10)8-17/h9-14H,2-8H2,1H3. The van der Waals surface area contributed by atoms with Crippen molar-refractivity contribution in [2.75, 3.05) is 0 Å². The van der Waals surface area contributed by atoms with Gasteiger partial charge in [-0.1, -0.05) is 0 Å². The lowest BCUT2D eigenvalue weighted by atomic mass is 9.48. The first kappa shape index (κ1) is 15.1. The van der Waals surface area contributed by atoms with E-state index < -0.39 is 29.0 Å². The maximum Gasteiger partial charge on any atom is 0.316 e. The minimum absolute atomic E-state index is 0.0586. The number of nitro groups is 1. The Balaban J connectivity index is 1.41. The molecule has 0 aromatic rings. The van der Waals surface area contributed by atoms with Gasteiger partial charge in [-0.05, 0) is 63.2 Å². The summed E-state index contributed by atoms with van der Waals surface area (Å²) in [4.78, 5) is 35.2. The zero-order valence-electron chi connectivity index (χ0n) is 13.4. The van der Waals surface area contributed by atoms with Gasteiger partial charge in [0.25, 0.3) is 0 Å². The van der Waals surface area contributed by atoms with Crippen molar-refractivity contribution in [1.29, 1.82) is 0 Å². The lowest BCUT2D eigenvalue weighted by molar-refractivity contribution is -0.497. The van der Waals surface area contributed by atoms with Gasteiger partial charge in [-0.3, -0.25) is 19.7 Å². The Morgan fingerprint density at radius 2 is 1.61 bits per heavy atom. The van der Waals surface area contributed by atoms with E-state index >= 15 is 0 Å². The Hall–Kier alpha value is -1.46. The largest absolute Gasteiger partial charge is 0.454 e. The van der Waals surface area contributed by atoms with Crippen LogP contribution in [0.25, 0.3) is 0 Å². The first-order chi connectivity index (χ1) is 10.9. The minimum Gasteiger partial charge on any atom is -0.454 e. The third-order valence-corrected chi connectivity index (χ3v) is 6.55. The number of rotatable bonds is 5. The van der Waals surface area contributed by atoms with E-state index in [4.69, 9.17) is 4.74 Å². The van der Waals surface area contributed by atoms with Gasteiger partial charge in [0.1, 0.15) is 5.92 Å². The van der Waals surface area contributed by atoms with E-state index in [1.165, 1.54) is 19.3 Å². The molecular formula is C17H23NO5. The summed E-state index contributed by atoms with van der Waals surface area (Å²) in [5, 5.41) is 10.7. The first-order valence-corrected chi connectivity index (χ1v) is 8.76. The molecule has 126 valence electrons. The summed E-state index contributed by atoms with van der Waals surface area (Å²) < 4.78 is 5.31. The van der Waals surface area contributed by atoms with E-state index in [2.05, 4.69) is 0 Å². The van der Waals surface area contributed by atoms with E-state index in [1.807, 2.05) is 0 Å². The van der Waals surface area contributed by atoms with Crippen molar-refractivity contribution in [1.82, 2.24) is 0 Å². The van der Waals surface area contributed by atoms with Crippen molar-refractivity contribution in [2.24, 2.45) is 29.1 Å². The van der Waals surface area contributed by atoms with Gasteiger partial charge in [0.15, 0.2) is 11.9 Å². The summed E-state index contributed by atoms with van der Waals surface area (Å²) in [6.07, 6.45) is 6.08. The number of nitrogens with zero attached hydrogens (tertiary/aromatic N) is 1. The fourth-order valence-electron chi connectivity index (χ4n) is 5.83. The second-order valence-electron chi connectivity index (χ2n) is 8.34. The third-order valence-electron chi connectivity index (χ3n) is 6.55. The minimum atomic E-state index is -0.815. The summed E-state index contributed by atoms with van der Waals surface area (Å²) in [5.41, 5.74) is -0.291. The Labute approximate surface area is 135 Å². The van der Waals surface area contributed by atoms with Crippen LogP contribution in [0.5, 0.6) is 0 Å². The molecule has 0 N–H and O–H groups in total. The lowest BCUT2D eigenvalue weighted by Gasteiger charge is -2.56. The summed E-state index contributed by atoms with van der Waals surface area (Å²) in [7, 11) is 0. The summed E-state index contributed by atoms with van der Waals surface area (Å²) >= 11 is 0. The van der Waals surface area contributed by atoms with Crippen LogP contribution in [0.2, 0.25) is 0 Å². The summed E-state index contributed by atoms with van der Waals surface area (Å²) in [6, 6.07) is -0.815. The van der Waals surface area contributed by atoms with E-state index in [0.717, 1.165) is 19.3 Å². The highest BCUT2D eigenvalue weighted by molar-refractivity contribution is 5.91. The average molecular weight is 321 g/mol. The number of carbonyl (C=O) groups excluding carboxylic acids is 2. The molecule has 5 saturated carbocycles. The van der Waals surface area contributed by atoms with E-state index in [1.54, 1.807) is 6.92 Å². The van der Waals surface area contributed by atoms with E-state index in [0.29, 0.717) is 17.8 Å². The van der Waals surface area contributed by atoms with Gasteiger partial charge in [-0.25, -0.2) is 0 Å². The summed E-state index contributed by atoms with van der Waals surface area (Å²) in [6.45, 7) is 1.64. The topological polar surface area (TPSA) is 86.5 Å². The van der Waals surface area contributed by atoms with Gasteiger partial charge in [0.05, 0.1) is 0 Å².